The zero-order valence-electron chi connectivity index (χ0n) is 24.5. The summed E-state index contributed by atoms with van der Waals surface area (Å²) in [6.07, 6.45) is 1.24. The average molecular weight is 574 g/mol. The number of carbonyl (C=O) groups is 1. The number of carbonyl (C=O) groups excluding carboxylic acids is 1. The Labute approximate surface area is 248 Å². The molecule has 0 unspecified atom stereocenters. The van der Waals surface area contributed by atoms with Crippen LogP contribution in [0, 0.1) is 5.92 Å². The molecule has 2 amide bonds. The predicted octanol–water partition coefficient (Wildman–Crippen LogP) is 4.91. The van der Waals surface area contributed by atoms with Gasteiger partial charge in [-0.2, -0.15) is 0 Å². The van der Waals surface area contributed by atoms with E-state index in [1.807, 2.05) is 55.5 Å². The summed E-state index contributed by atoms with van der Waals surface area (Å²) in [5.41, 5.74) is 5.96. The highest BCUT2D eigenvalue weighted by molar-refractivity contribution is 5.74. The number of hydrogen-bond donors (Lipinski definition) is 4. The molecule has 8 nitrogen and oxygen atoms in total. The summed E-state index contributed by atoms with van der Waals surface area (Å²) in [6, 6.07) is 24.4. The van der Waals surface area contributed by atoms with Crippen molar-refractivity contribution in [1.82, 2.24) is 15.5 Å². The van der Waals surface area contributed by atoms with Crippen LogP contribution in [0.2, 0.25) is 0 Å². The first-order chi connectivity index (χ1) is 20.5. The van der Waals surface area contributed by atoms with E-state index >= 15 is 0 Å². The Morgan fingerprint density at radius 2 is 1.69 bits per heavy atom. The molecule has 5 rings (SSSR count). The molecular weight excluding hydrogens is 530 g/mol. The van der Waals surface area contributed by atoms with E-state index in [0.717, 1.165) is 59.3 Å². The number of likely N-dealkylation sites (tertiary alicyclic amines) is 1. The minimum absolute atomic E-state index is 0.00319. The molecule has 8 heteroatoms. The Morgan fingerprint density at radius 1 is 0.929 bits per heavy atom. The molecule has 0 bridgehead atoms. The second-order valence-electron chi connectivity index (χ2n) is 11.3. The third-order valence-electron chi connectivity index (χ3n) is 8.46. The number of hydrogen-bond acceptors (Lipinski definition) is 6. The minimum Gasteiger partial charge on any atom is -0.395 e. The maximum atomic E-state index is 11.9. The maximum absolute atomic E-state index is 11.9. The molecule has 2 heterocycles. The van der Waals surface area contributed by atoms with Gasteiger partial charge in [-0.15, -0.1) is 0 Å². The van der Waals surface area contributed by atoms with Crippen LogP contribution in [0.3, 0.4) is 0 Å². The van der Waals surface area contributed by atoms with Crippen molar-refractivity contribution in [3.63, 3.8) is 0 Å². The smallest absolute Gasteiger partial charge is 0.315 e. The van der Waals surface area contributed by atoms with Crippen LogP contribution in [0.5, 0.6) is 0 Å². The van der Waals surface area contributed by atoms with Gasteiger partial charge in [-0.3, -0.25) is 4.90 Å². The Bertz CT molecular complexity index is 1320. The van der Waals surface area contributed by atoms with Gasteiger partial charge in [0.1, 0.15) is 0 Å². The summed E-state index contributed by atoms with van der Waals surface area (Å²) in [6.45, 7) is 6.94. The van der Waals surface area contributed by atoms with Gasteiger partial charge in [-0.25, -0.2) is 4.79 Å². The van der Waals surface area contributed by atoms with Gasteiger partial charge in [0.25, 0.3) is 0 Å². The van der Waals surface area contributed by atoms with Crippen LogP contribution < -0.4 is 10.6 Å². The van der Waals surface area contributed by atoms with Gasteiger partial charge in [0.05, 0.1) is 25.4 Å². The summed E-state index contributed by atoms with van der Waals surface area (Å²) in [4.78, 5) is 14.2. The van der Waals surface area contributed by atoms with Crippen molar-refractivity contribution in [3.8, 4) is 11.1 Å². The number of urea groups is 1. The van der Waals surface area contributed by atoms with Crippen LogP contribution >= 0.6 is 0 Å². The van der Waals surface area contributed by atoms with E-state index < -0.39 is 6.29 Å². The fraction of sp³-hybridized carbons (Fsp3) is 0.441. The van der Waals surface area contributed by atoms with Crippen molar-refractivity contribution in [2.24, 2.45) is 5.92 Å². The van der Waals surface area contributed by atoms with E-state index in [-0.39, 0.29) is 43.4 Å². The second-order valence-corrected chi connectivity index (χ2v) is 11.3. The molecule has 4 N–H and O–H groups in total. The molecule has 2 aliphatic rings. The van der Waals surface area contributed by atoms with E-state index in [4.69, 9.17) is 9.47 Å². The Kier molecular flexibility index (Phi) is 10.3. The number of rotatable bonds is 10. The van der Waals surface area contributed by atoms with Crippen molar-refractivity contribution in [2.75, 3.05) is 26.2 Å². The number of aliphatic hydroxyl groups excluding tert-OH is 2. The maximum Gasteiger partial charge on any atom is 0.315 e. The van der Waals surface area contributed by atoms with Crippen molar-refractivity contribution in [1.29, 1.82) is 0 Å². The zero-order valence-corrected chi connectivity index (χ0v) is 24.5. The van der Waals surface area contributed by atoms with Crippen LogP contribution in [0.15, 0.2) is 72.8 Å². The van der Waals surface area contributed by atoms with Crippen LogP contribution in [-0.4, -0.2) is 59.5 Å². The van der Waals surface area contributed by atoms with Gasteiger partial charge in [-0.1, -0.05) is 67.6 Å². The van der Waals surface area contributed by atoms with E-state index in [1.165, 1.54) is 0 Å². The van der Waals surface area contributed by atoms with Crippen LogP contribution in [-0.2, 0) is 22.6 Å². The Morgan fingerprint density at radius 3 is 2.43 bits per heavy atom. The van der Waals surface area contributed by atoms with Gasteiger partial charge < -0.3 is 30.3 Å². The molecule has 0 aromatic heterocycles. The number of amides is 2. The molecule has 0 aliphatic carbocycles. The molecule has 224 valence electrons. The van der Waals surface area contributed by atoms with Crippen LogP contribution in [0.1, 0.15) is 61.3 Å². The molecule has 2 aliphatic heterocycles. The van der Waals surface area contributed by atoms with E-state index in [9.17, 15) is 15.0 Å². The summed E-state index contributed by atoms with van der Waals surface area (Å²) in [7, 11) is 0. The summed E-state index contributed by atoms with van der Waals surface area (Å²) in [5, 5.41) is 25.1. The number of benzene rings is 3. The highest BCUT2D eigenvalue weighted by Crippen LogP contribution is 2.42. The van der Waals surface area contributed by atoms with Gasteiger partial charge in [0.15, 0.2) is 6.29 Å². The Balaban J connectivity index is 1.39. The number of ether oxygens (including phenoxy) is 2. The monoisotopic (exact) mass is 573 g/mol. The first kappa shape index (κ1) is 30.2. The molecule has 3 aromatic rings. The molecule has 2 saturated heterocycles. The van der Waals surface area contributed by atoms with Crippen LogP contribution in [0.25, 0.3) is 11.1 Å². The van der Waals surface area contributed by atoms with Gasteiger partial charge in [0, 0.05) is 37.2 Å². The SMILES string of the molecule is CCNC(=O)NCc1cccc(-c2cccc([C@@H]3O[C@H](CN4CCC[C@H]4CO)[C@H](C)[C@H](c4ccc(CO)cc4)O3)c2)c1. The number of nitrogens with one attached hydrogen (secondary N) is 2. The number of nitrogens with zero attached hydrogens (tertiary/aromatic N) is 1. The molecule has 5 atom stereocenters. The molecule has 0 spiro atoms. The highest BCUT2D eigenvalue weighted by atomic mass is 16.7. The first-order valence-corrected chi connectivity index (χ1v) is 15.1. The van der Waals surface area contributed by atoms with E-state index in [2.05, 4.69) is 46.7 Å². The van der Waals surface area contributed by atoms with Crippen molar-refractivity contribution in [3.05, 3.63) is 95.1 Å². The fourth-order valence-corrected chi connectivity index (χ4v) is 6.03. The number of aliphatic hydroxyl groups is 2. The lowest BCUT2D eigenvalue weighted by Crippen LogP contribution is -2.46. The zero-order chi connectivity index (χ0) is 29.5. The molecule has 3 aromatic carbocycles. The van der Waals surface area contributed by atoms with Crippen LogP contribution in [0.4, 0.5) is 4.79 Å². The van der Waals surface area contributed by atoms with Gasteiger partial charge >= 0.3 is 6.03 Å². The molecule has 0 saturated carbocycles. The third kappa shape index (κ3) is 7.19. The molecule has 0 radical (unpaired) electrons. The van der Waals surface area contributed by atoms with E-state index in [0.29, 0.717) is 13.1 Å². The van der Waals surface area contributed by atoms with E-state index in [1.54, 1.807) is 0 Å². The molecular formula is C34H43N3O5. The first-order valence-electron chi connectivity index (χ1n) is 15.1. The quantitative estimate of drug-likeness (QED) is 0.275. The predicted molar refractivity (Wildman–Crippen MR) is 162 cm³/mol. The lowest BCUT2D eigenvalue weighted by atomic mass is 9.89. The lowest BCUT2D eigenvalue weighted by molar-refractivity contribution is -0.276. The van der Waals surface area contributed by atoms with Gasteiger partial charge in [0.2, 0.25) is 0 Å². The third-order valence-corrected chi connectivity index (χ3v) is 8.46. The largest absolute Gasteiger partial charge is 0.395 e. The molecule has 2 fully saturated rings. The lowest BCUT2D eigenvalue weighted by Gasteiger charge is -2.43. The highest BCUT2D eigenvalue weighted by Gasteiger charge is 2.40. The second kappa shape index (κ2) is 14.3. The fourth-order valence-electron chi connectivity index (χ4n) is 6.03. The molecule has 42 heavy (non-hydrogen) atoms. The average Bonchev–Trinajstić information content (AvgIpc) is 3.48. The minimum atomic E-state index is -0.563. The topological polar surface area (TPSA) is 103 Å². The Hall–Kier alpha value is -3.27. The summed E-state index contributed by atoms with van der Waals surface area (Å²) in [5.74, 6) is 0.0819. The summed E-state index contributed by atoms with van der Waals surface area (Å²) >= 11 is 0. The van der Waals surface area contributed by atoms with Gasteiger partial charge in [-0.05, 0) is 66.3 Å². The van der Waals surface area contributed by atoms with Crippen molar-refractivity contribution in [2.45, 2.75) is 64.4 Å². The normalized spacial score (nSPS) is 24.4. The van der Waals surface area contributed by atoms with Crippen molar-refractivity contribution < 1.29 is 24.5 Å². The van der Waals surface area contributed by atoms with Crippen molar-refractivity contribution >= 4 is 6.03 Å². The summed E-state index contributed by atoms with van der Waals surface area (Å²) < 4.78 is 13.4. The standard InChI is InChI=1S/C34H43N3O5/c1-3-35-34(40)36-19-25-7-4-8-27(17-25)28-9-5-10-29(18-28)33-41-31(20-37-16-6-11-30(37)22-39)23(2)32(42-33)26-14-12-24(21-38)13-15-26/h4-5,7-10,12-15,17-18,23,30-33,38-39H,3,6,11,16,19-22H2,1-2H3,(H2,35,36,40)/t23-,30-,31+,32+,33+/m0/s1.